The molecule has 3 heteroatoms. The number of aromatic nitrogens is 2. The minimum absolute atomic E-state index is 0.399. The van der Waals surface area contributed by atoms with Crippen LogP contribution in [-0.4, -0.2) is 16.8 Å². The summed E-state index contributed by atoms with van der Waals surface area (Å²) in [5.74, 6) is 0. The van der Waals surface area contributed by atoms with Crippen LogP contribution in [0, 0.1) is 20.8 Å². The fourth-order valence-electron chi connectivity index (χ4n) is 3.09. The van der Waals surface area contributed by atoms with Gasteiger partial charge in [0.1, 0.15) is 0 Å². The monoisotopic (exact) mass is 271 g/mol. The first-order valence-electron chi connectivity index (χ1n) is 7.23. The van der Waals surface area contributed by atoms with Crippen LogP contribution in [0.2, 0.25) is 0 Å². The van der Waals surface area contributed by atoms with Gasteiger partial charge in [0.05, 0.1) is 6.20 Å². The quantitative estimate of drug-likeness (QED) is 0.904. The van der Waals surface area contributed by atoms with Gasteiger partial charge in [0, 0.05) is 19.3 Å². The van der Waals surface area contributed by atoms with Crippen molar-refractivity contribution < 1.29 is 0 Å². The van der Waals surface area contributed by atoms with Gasteiger partial charge in [0.15, 0.2) is 0 Å². The van der Waals surface area contributed by atoms with Crippen molar-refractivity contribution in [3.05, 3.63) is 52.3 Å². The molecular weight excluding hydrogens is 246 g/mol. The summed E-state index contributed by atoms with van der Waals surface area (Å²) in [7, 11) is 4.01. The van der Waals surface area contributed by atoms with Gasteiger partial charge in [-0.1, -0.05) is 17.7 Å². The minimum atomic E-state index is 0.399. The molecule has 2 aromatic rings. The molecule has 0 spiro atoms. The summed E-state index contributed by atoms with van der Waals surface area (Å²) in [6.07, 6.45) is 6.20. The first-order chi connectivity index (χ1) is 9.51. The molecule has 0 amide bonds. The van der Waals surface area contributed by atoms with Crippen LogP contribution in [0.25, 0.3) is 0 Å². The lowest BCUT2D eigenvalue weighted by molar-refractivity contribution is 0.544. The number of aryl methyl sites for hydroxylation is 5. The Morgan fingerprint density at radius 3 is 2.35 bits per heavy atom. The summed E-state index contributed by atoms with van der Waals surface area (Å²) in [6.45, 7) is 6.58. The molecule has 0 fully saturated rings. The normalized spacial score (nSPS) is 12.7. The Morgan fingerprint density at radius 1 is 1.20 bits per heavy atom. The topological polar surface area (TPSA) is 29.9 Å². The summed E-state index contributed by atoms with van der Waals surface area (Å²) in [5, 5.41) is 7.71. The van der Waals surface area contributed by atoms with E-state index in [1.807, 2.05) is 25.0 Å². The van der Waals surface area contributed by atoms with Crippen LogP contribution in [0.1, 0.15) is 40.3 Å². The van der Waals surface area contributed by atoms with Gasteiger partial charge in [-0.3, -0.25) is 4.68 Å². The Kier molecular flexibility index (Phi) is 4.61. The third-order valence-corrected chi connectivity index (χ3v) is 3.91. The largest absolute Gasteiger partial charge is 0.313 e. The van der Waals surface area contributed by atoms with Crippen LogP contribution in [0.4, 0.5) is 0 Å². The molecule has 1 unspecified atom stereocenters. The molecule has 0 bridgehead atoms. The highest BCUT2D eigenvalue weighted by molar-refractivity contribution is 5.39. The first kappa shape index (κ1) is 14.8. The van der Waals surface area contributed by atoms with E-state index in [0.29, 0.717) is 6.04 Å². The predicted octanol–water partition coefficient (Wildman–Crippen LogP) is 3.24. The second kappa shape index (κ2) is 6.23. The molecular formula is C17H25N3. The van der Waals surface area contributed by atoms with Crippen LogP contribution in [0.3, 0.4) is 0 Å². The molecule has 1 aromatic carbocycles. The predicted molar refractivity (Wildman–Crippen MR) is 84.0 cm³/mol. The highest BCUT2D eigenvalue weighted by Gasteiger charge is 2.15. The Hall–Kier alpha value is -1.61. The SMILES string of the molecule is CNC(CCc1cnn(C)c1)c1c(C)cc(C)cc1C. The van der Waals surface area contributed by atoms with E-state index in [1.54, 1.807) is 0 Å². The van der Waals surface area contributed by atoms with Gasteiger partial charge >= 0.3 is 0 Å². The number of hydrogen-bond acceptors (Lipinski definition) is 2. The van der Waals surface area contributed by atoms with Crippen molar-refractivity contribution >= 4 is 0 Å². The Balaban J connectivity index is 2.16. The van der Waals surface area contributed by atoms with E-state index in [1.165, 1.54) is 27.8 Å². The van der Waals surface area contributed by atoms with Gasteiger partial charge in [-0.25, -0.2) is 0 Å². The van der Waals surface area contributed by atoms with Gasteiger partial charge in [-0.05, 0) is 62.9 Å². The zero-order chi connectivity index (χ0) is 14.7. The molecule has 2 rings (SSSR count). The molecule has 1 N–H and O–H groups in total. The summed E-state index contributed by atoms with van der Waals surface area (Å²) in [6, 6.07) is 4.95. The maximum Gasteiger partial charge on any atom is 0.0521 e. The van der Waals surface area contributed by atoms with Gasteiger partial charge in [-0.2, -0.15) is 5.10 Å². The number of nitrogens with zero attached hydrogens (tertiary/aromatic N) is 2. The highest BCUT2D eigenvalue weighted by Crippen LogP contribution is 2.26. The molecule has 108 valence electrons. The zero-order valence-corrected chi connectivity index (χ0v) is 13.2. The second-order valence-electron chi connectivity index (χ2n) is 5.71. The van der Waals surface area contributed by atoms with Crippen LogP contribution >= 0.6 is 0 Å². The number of benzene rings is 1. The molecule has 0 radical (unpaired) electrons. The van der Waals surface area contributed by atoms with E-state index in [-0.39, 0.29) is 0 Å². The van der Waals surface area contributed by atoms with Gasteiger partial charge in [0.2, 0.25) is 0 Å². The van der Waals surface area contributed by atoms with Crippen LogP contribution < -0.4 is 5.32 Å². The Bertz CT molecular complexity index is 561. The highest BCUT2D eigenvalue weighted by atomic mass is 15.2. The maximum atomic E-state index is 4.24. The molecule has 0 aliphatic rings. The van der Waals surface area contributed by atoms with Crippen LogP contribution in [0.15, 0.2) is 24.5 Å². The molecule has 1 atom stereocenters. The molecule has 1 heterocycles. The molecule has 20 heavy (non-hydrogen) atoms. The average molecular weight is 271 g/mol. The standard InChI is InChI=1S/C17H25N3/c1-12-8-13(2)17(14(3)9-12)16(18-4)7-6-15-10-19-20(5)11-15/h8-11,16,18H,6-7H2,1-5H3. The smallest absolute Gasteiger partial charge is 0.0521 e. The fraction of sp³-hybridized carbons (Fsp3) is 0.471. The van der Waals surface area contributed by atoms with E-state index < -0.39 is 0 Å². The molecule has 3 nitrogen and oxygen atoms in total. The molecule has 1 aromatic heterocycles. The lowest BCUT2D eigenvalue weighted by Crippen LogP contribution is -2.19. The Labute approximate surface area is 122 Å². The van der Waals surface area contributed by atoms with E-state index in [2.05, 4.69) is 49.5 Å². The van der Waals surface area contributed by atoms with E-state index in [0.717, 1.165) is 12.8 Å². The van der Waals surface area contributed by atoms with Gasteiger partial charge in [-0.15, -0.1) is 0 Å². The number of rotatable bonds is 5. The maximum absolute atomic E-state index is 4.24. The lowest BCUT2D eigenvalue weighted by atomic mass is 9.91. The van der Waals surface area contributed by atoms with E-state index >= 15 is 0 Å². The fourth-order valence-corrected chi connectivity index (χ4v) is 3.09. The summed E-state index contributed by atoms with van der Waals surface area (Å²) < 4.78 is 1.87. The van der Waals surface area contributed by atoms with Gasteiger partial charge in [0.25, 0.3) is 0 Å². The van der Waals surface area contributed by atoms with E-state index in [9.17, 15) is 0 Å². The third kappa shape index (κ3) is 3.28. The van der Waals surface area contributed by atoms with Crippen LogP contribution in [-0.2, 0) is 13.5 Å². The van der Waals surface area contributed by atoms with Crippen LogP contribution in [0.5, 0.6) is 0 Å². The van der Waals surface area contributed by atoms with Crippen molar-refractivity contribution in [2.24, 2.45) is 7.05 Å². The van der Waals surface area contributed by atoms with Crippen molar-refractivity contribution in [3.8, 4) is 0 Å². The number of nitrogens with one attached hydrogen (secondary N) is 1. The van der Waals surface area contributed by atoms with Gasteiger partial charge < -0.3 is 5.32 Å². The summed E-state index contributed by atoms with van der Waals surface area (Å²) >= 11 is 0. The number of hydrogen-bond donors (Lipinski definition) is 1. The molecule has 0 saturated heterocycles. The Morgan fingerprint density at radius 2 is 1.85 bits per heavy atom. The van der Waals surface area contributed by atoms with Crippen molar-refractivity contribution in [2.45, 2.75) is 39.7 Å². The first-order valence-corrected chi connectivity index (χ1v) is 7.23. The van der Waals surface area contributed by atoms with Crippen molar-refractivity contribution in [2.75, 3.05) is 7.05 Å². The molecule has 0 aliphatic heterocycles. The summed E-state index contributed by atoms with van der Waals surface area (Å²) in [4.78, 5) is 0. The molecule has 0 aliphatic carbocycles. The molecule has 0 saturated carbocycles. The van der Waals surface area contributed by atoms with Crippen molar-refractivity contribution in [3.63, 3.8) is 0 Å². The average Bonchev–Trinajstić information content (AvgIpc) is 2.78. The van der Waals surface area contributed by atoms with E-state index in [4.69, 9.17) is 0 Å². The van der Waals surface area contributed by atoms with Crippen molar-refractivity contribution in [1.82, 2.24) is 15.1 Å². The minimum Gasteiger partial charge on any atom is -0.313 e. The van der Waals surface area contributed by atoms with Crippen molar-refractivity contribution in [1.29, 1.82) is 0 Å². The lowest BCUT2D eigenvalue weighted by Gasteiger charge is -2.21. The summed E-state index contributed by atoms with van der Waals surface area (Å²) in [5.41, 5.74) is 6.85. The second-order valence-corrected chi connectivity index (χ2v) is 5.71. The third-order valence-electron chi connectivity index (χ3n) is 3.91. The zero-order valence-electron chi connectivity index (χ0n) is 13.2.